The number of hydrazone groups is 1. The molecular formula is C25H23FN4O4. The summed E-state index contributed by atoms with van der Waals surface area (Å²) in [6.07, 6.45) is 1.99. The maximum atomic E-state index is 13.0. The van der Waals surface area contributed by atoms with Crippen molar-refractivity contribution >= 4 is 23.4 Å². The van der Waals surface area contributed by atoms with Crippen molar-refractivity contribution in [2.45, 2.75) is 33.1 Å². The van der Waals surface area contributed by atoms with Gasteiger partial charge in [-0.1, -0.05) is 17.7 Å². The normalized spacial score (nSPS) is 13.8. The lowest BCUT2D eigenvalue weighted by Gasteiger charge is -2.13. The third-order valence-corrected chi connectivity index (χ3v) is 5.50. The Morgan fingerprint density at radius 1 is 0.912 bits per heavy atom. The second-order valence-corrected chi connectivity index (χ2v) is 7.99. The zero-order valence-corrected chi connectivity index (χ0v) is 18.7. The number of hydrogen-bond acceptors (Lipinski definition) is 5. The number of carbonyl (C=O) groups is 3. The van der Waals surface area contributed by atoms with Crippen LogP contribution in [0.1, 0.15) is 66.6 Å². The van der Waals surface area contributed by atoms with Crippen LogP contribution in [0.25, 0.3) is 0 Å². The van der Waals surface area contributed by atoms with Crippen LogP contribution in [0.4, 0.5) is 4.39 Å². The van der Waals surface area contributed by atoms with Gasteiger partial charge in [-0.25, -0.2) is 9.82 Å². The quantitative estimate of drug-likeness (QED) is 0.515. The van der Waals surface area contributed by atoms with E-state index in [0.717, 1.165) is 24.1 Å². The number of nitrogens with zero attached hydrogens (tertiary/aromatic N) is 1. The molecule has 9 heteroatoms. The average molecular weight is 462 g/mol. The number of aryl methyl sites for hydroxylation is 2. The lowest BCUT2D eigenvalue weighted by atomic mass is 9.93. The third kappa shape index (κ3) is 4.88. The molecule has 1 aromatic heterocycles. The first-order valence-electron chi connectivity index (χ1n) is 10.8. The molecule has 0 spiro atoms. The zero-order chi connectivity index (χ0) is 24.2. The molecule has 3 aromatic rings. The van der Waals surface area contributed by atoms with Crippen molar-refractivity contribution < 1.29 is 23.2 Å². The third-order valence-electron chi connectivity index (χ3n) is 5.50. The number of hydrazine groups is 1. The van der Waals surface area contributed by atoms with Gasteiger partial charge in [0.2, 0.25) is 0 Å². The number of rotatable bonds is 4. The van der Waals surface area contributed by atoms with E-state index >= 15 is 0 Å². The van der Waals surface area contributed by atoms with Crippen LogP contribution in [0.3, 0.4) is 0 Å². The van der Waals surface area contributed by atoms with Crippen molar-refractivity contribution in [2.75, 3.05) is 0 Å². The van der Waals surface area contributed by atoms with Crippen LogP contribution in [-0.2, 0) is 6.42 Å². The van der Waals surface area contributed by atoms with Crippen LogP contribution >= 0.6 is 0 Å². The fourth-order valence-corrected chi connectivity index (χ4v) is 3.81. The molecule has 34 heavy (non-hydrogen) atoms. The monoisotopic (exact) mass is 462 g/mol. The molecule has 1 aliphatic rings. The highest BCUT2D eigenvalue weighted by molar-refractivity contribution is 6.07. The maximum Gasteiger partial charge on any atom is 0.305 e. The van der Waals surface area contributed by atoms with Crippen molar-refractivity contribution in [3.63, 3.8) is 0 Å². The Hall–Kier alpha value is -4.27. The largest absolute Gasteiger partial charge is 0.455 e. The van der Waals surface area contributed by atoms with Gasteiger partial charge in [-0.2, -0.15) is 5.10 Å². The summed E-state index contributed by atoms with van der Waals surface area (Å²) in [5.74, 6) is -1.38. The Morgan fingerprint density at radius 2 is 1.65 bits per heavy atom. The van der Waals surface area contributed by atoms with E-state index in [0.29, 0.717) is 41.0 Å². The number of halogens is 1. The molecule has 0 saturated carbocycles. The van der Waals surface area contributed by atoms with E-state index in [1.54, 1.807) is 25.1 Å². The number of carbonyl (C=O) groups excluding carboxylic acids is 3. The van der Waals surface area contributed by atoms with Gasteiger partial charge in [0.1, 0.15) is 11.6 Å². The number of hydrogen-bond donors (Lipinski definition) is 3. The minimum Gasteiger partial charge on any atom is -0.455 e. The lowest BCUT2D eigenvalue weighted by Crippen LogP contribution is -2.41. The van der Waals surface area contributed by atoms with Crippen LogP contribution in [0.15, 0.2) is 58.0 Å². The Labute approximate surface area is 195 Å². The Morgan fingerprint density at radius 3 is 2.38 bits per heavy atom. The molecule has 0 bridgehead atoms. The second kappa shape index (κ2) is 9.70. The molecule has 0 fully saturated rings. The molecule has 3 N–H and O–H groups in total. The van der Waals surface area contributed by atoms with Gasteiger partial charge in [0.05, 0.1) is 5.71 Å². The number of benzene rings is 2. The molecule has 4 rings (SSSR count). The Balaban J connectivity index is 1.48. The van der Waals surface area contributed by atoms with Crippen molar-refractivity contribution in [3.05, 3.63) is 93.7 Å². The van der Waals surface area contributed by atoms with E-state index in [-0.39, 0.29) is 17.2 Å². The molecule has 174 valence electrons. The lowest BCUT2D eigenvalue weighted by molar-refractivity contribution is 0.0829. The predicted octanol–water partition coefficient (Wildman–Crippen LogP) is 3.58. The van der Waals surface area contributed by atoms with Crippen LogP contribution in [0, 0.1) is 19.7 Å². The van der Waals surface area contributed by atoms with E-state index in [2.05, 4.69) is 21.4 Å². The van der Waals surface area contributed by atoms with Crippen LogP contribution in [0.5, 0.6) is 0 Å². The summed E-state index contributed by atoms with van der Waals surface area (Å²) in [7, 11) is 0. The minimum atomic E-state index is -0.634. The van der Waals surface area contributed by atoms with Crippen LogP contribution in [-0.4, -0.2) is 23.4 Å². The number of amides is 3. The molecule has 0 saturated heterocycles. The van der Waals surface area contributed by atoms with E-state index < -0.39 is 17.6 Å². The molecule has 0 atom stereocenters. The van der Waals surface area contributed by atoms with Gasteiger partial charge in [-0.3, -0.25) is 25.2 Å². The minimum absolute atomic E-state index is 0.0454. The standard InChI is InChI=1S/C25H23FN4O4/c1-14-5-3-6-17(13-14)24(32)28-27-19-7-4-8-20-21(19)15(2)22(34-20)25(33)30-29-23(31)16-9-11-18(26)12-10-16/h3,5-6,9-13H,4,7-8H2,1-2H3,(H,28,32)(H,29,31)(H,30,33)/b27-19+. The molecule has 2 aromatic carbocycles. The summed E-state index contributed by atoms with van der Waals surface area (Å²) in [5.41, 5.74) is 10.7. The summed E-state index contributed by atoms with van der Waals surface area (Å²) in [4.78, 5) is 37.3. The fourth-order valence-electron chi connectivity index (χ4n) is 3.81. The molecule has 1 heterocycles. The van der Waals surface area contributed by atoms with Crippen molar-refractivity contribution in [3.8, 4) is 0 Å². The van der Waals surface area contributed by atoms with Gasteiger partial charge in [-0.05, 0) is 63.1 Å². The van der Waals surface area contributed by atoms with E-state index in [9.17, 15) is 18.8 Å². The summed E-state index contributed by atoms with van der Waals surface area (Å²) < 4.78 is 18.8. The van der Waals surface area contributed by atoms with Gasteiger partial charge in [0.25, 0.3) is 11.8 Å². The predicted molar refractivity (Wildman–Crippen MR) is 123 cm³/mol. The molecule has 8 nitrogen and oxygen atoms in total. The Bertz CT molecular complexity index is 1290. The Kier molecular flexibility index (Phi) is 6.53. The topological polar surface area (TPSA) is 113 Å². The number of nitrogens with one attached hydrogen (secondary N) is 3. The number of fused-ring (bicyclic) bond motifs is 1. The number of furan rings is 1. The molecular weight excluding hydrogens is 439 g/mol. The van der Waals surface area contributed by atoms with Gasteiger partial charge in [0, 0.05) is 28.7 Å². The van der Waals surface area contributed by atoms with E-state index in [4.69, 9.17) is 4.42 Å². The van der Waals surface area contributed by atoms with Gasteiger partial charge in [0.15, 0.2) is 5.76 Å². The van der Waals surface area contributed by atoms with Crippen LogP contribution < -0.4 is 16.3 Å². The molecule has 1 aliphatic carbocycles. The smallest absolute Gasteiger partial charge is 0.305 e. The first-order valence-corrected chi connectivity index (χ1v) is 10.8. The van der Waals surface area contributed by atoms with Crippen molar-refractivity contribution in [1.82, 2.24) is 16.3 Å². The van der Waals surface area contributed by atoms with Crippen molar-refractivity contribution in [1.29, 1.82) is 0 Å². The average Bonchev–Trinajstić information content (AvgIpc) is 3.18. The SMILES string of the molecule is Cc1cccc(C(=O)N/N=C2\CCCc3oc(C(=O)NNC(=O)c4ccc(F)cc4)c(C)c32)c1. The highest BCUT2D eigenvalue weighted by Gasteiger charge is 2.28. The summed E-state index contributed by atoms with van der Waals surface area (Å²) in [6, 6.07) is 12.1. The zero-order valence-electron chi connectivity index (χ0n) is 18.7. The van der Waals surface area contributed by atoms with Crippen LogP contribution in [0.2, 0.25) is 0 Å². The second-order valence-electron chi connectivity index (χ2n) is 7.99. The maximum absolute atomic E-state index is 13.0. The summed E-state index contributed by atoms with van der Waals surface area (Å²) >= 11 is 0. The molecule has 0 aliphatic heterocycles. The first-order chi connectivity index (χ1) is 16.3. The molecule has 0 unspecified atom stereocenters. The van der Waals surface area contributed by atoms with E-state index in [1.807, 2.05) is 13.0 Å². The molecule has 0 radical (unpaired) electrons. The van der Waals surface area contributed by atoms with Gasteiger partial charge < -0.3 is 4.42 Å². The highest BCUT2D eigenvalue weighted by Crippen LogP contribution is 2.29. The molecule has 3 amide bonds. The van der Waals surface area contributed by atoms with Gasteiger partial charge in [-0.15, -0.1) is 0 Å². The first kappa shape index (κ1) is 22.9. The van der Waals surface area contributed by atoms with Crippen molar-refractivity contribution in [2.24, 2.45) is 5.10 Å². The highest BCUT2D eigenvalue weighted by atomic mass is 19.1. The summed E-state index contributed by atoms with van der Waals surface area (Å²) in [6.45, 7) is 3.63. The summed E-state index contributed by atoms with van der Waals surface area (Å²) in [5, 5.41) is 4.31. The van der Waals surface area contributed by atoms with Gasteiger partial charge >= 0.3 is 5.91 Å². The van der Waals surface area contributed by atoms with E-state index in [1.165, 1.54) is 12.1 Å². The fraction of sp³-hybridized carbons (Fsp3) is 0.200.